The summed E-state index contributed by atoms with van der Waals surface area (Å²) in [5.41, 5.74) is 2.70. The molecule has 2 aromatic rings. The zero-order valence-corrected chi connectivity index (χ0v) is 15.2. The molecule has 0 aliphatic heterocycles. The van der Waals surface area contributed by atoms with Gasteiger partial charge in [0.25, 0.3) is 0 Å². The molecule has 138 valence electrons. The summed E-state index contributed by atoms with van der Waals surface area (Å²) in [6.07, 6.45) is -0.544. The van der Waals surface area contributed by atoms with Crippen LogP contribution in [0.1, 0.15) is 24.5 Å². The van der Waals surface area contributed by atoms with Gasteiger partial charge in [-0.2, -0.15) is 0 Å². The number of ether oxygens (including phenoxy) is 2. The number of amides is 2. The van der Waals surface area contributed by atoms with E-state index < -0.39 is 12.2 Å². The first-order valence-corrected chi connectivity index (χ1v) is 8.52. The number of nitrogens with one attached hydrogen (secondary N) is 2. The van der Waals surface area contributed by atoms with Crippen LogP contribution in [-0.4, -0.2) is 24.8 Å². The number of rotatable bonds is 6. The number of carbonyl (C=O) groups is 2. The molecule has 0 saturated carbocycles. The number of anilines is 1. The van der Waals surface area contributed by atoms with E-state index in [9.17, 15) is 9.59 Å². The van der Waals surface area contributed by atoms with Crippen LogP contribution in [0.4, 0.5) is 15.3 Å². The second-order valence-electron chi connectivity index (χ2n) is 5.99. The Morgan fingerprint density at radius 3 is 2.46 bits per heavy atom. The van der Waals surface area contributed by atoms with Crippen molar-refractivity contribution in [2.75, 3.05) is 11.9 Å². The van der Waals surface area contributed by atoms with Crippen molar-refractivity contribution >= 4 is 17.9 Å². The highest BCUT2D eigenvalue weighted by molar-refractivity contribution is 5.85. The monoisotopic (exact) mass is 356 g/mol. The van der Waals surface area contributed by atoms with Gasteiger partial charge >= 0.3 is 12.2 Å². The molecule has 0 aliphatic carbocycles. The largest absolute Gasteiger partial charge is 0.447 e. The standard InChI is InChI=1S/C20H24N2O4/c1-4-16(21-20(24)26-17-8-6-5-7-9-17)13-25-19(23)22-18-12-14(2)10-11-15(18)3/h5-12,16H,4,13H2,1-3H3,(H,21,24)(H,22,23). The highest BCUT2D eigenvalue weighted by Gasteiger charge is 2.15. The Kier molecular flexibility index (Phi) is 7.02. The molecule has 2 rings (SSSR count). The predicted octanol–water partition coefficient (Wildman–Crippen LogP) is 4.42. The highest BCUT2D eigenvalue weighted by Crippen LogP contribution is 2.16. The van der Waals surface area contributed by atoms with E-state index in [2.05, 4.69) is 10.6 Å². The summed E-state index contributed by atoms with van der Waals surface area (Å²) in [5, 5.41) is 5.41. The molecule has 6 nitrogen and oxygen atoms in total. The number of carbonyl (C=O) groups excluding carboxylic acids is 2. The van der Waals surface area contributed by atoms with E-state index in [0.717, 1.165) is 11.1 Å². The maximum absolute atomic E-state index is 12.0. The lowest BCUT2D eigenvalue weighted by Gasteiger charge is -2.17. The number of benzene rings is 2. The van der Waals surface area contributed by atoms with Crippen molar-refractivity contribution in [3.63, 3.8) is 0 Å². The smallest absolute Gasteiger partial charge is 0.412 e. The van der Waals surface area contributed by atoms with Gasteiger partial charge < -0.3 is 14.8 Å². The summed E-state index contributed by atoms with van der Waals surface area (Å²) in [6, 6.07) is 14.2. The molecule has 0 radical (unpaired) electrons. The third kappa shape index (κ3) is 6.12. The second kappa shape index (κ2) is 9.46. The Labute approximate surface area is 153 Å². The number of hydrogen-bond acceptors (Lipinski definition) is 4. The first-order chi connectivity index (χ1) is 12.5. The fourth-order valence-electron chi connectivity index (χ4n) is 2.25. The van der Waals surface area contributed by atoms with E-state index in [1.165, 1.54) is 0 Å². The maximum Gasteiger partial charge on any atom is 0.412 e. The summed E-state index contributed by atoms with van der Waals surface area (Å²) < 4.78 is 10.4. The zero-order valence-electron chi connectivity index (χ0n) is 15.2. The molecule has 1 unspecified atom stereocenters. The maximum atomic E-state index is 12.0. The zero-order chi connectivity index (χ0) is 18.9. The number of aryl methyl sites for hydroxylation is 2. The predicted molar refractivity (Wildman–Crippen MR) is 101 cm³/mol. The molecule has 6 heteroatoms. The van der Waals surface area contributed by atoms with E-state index in [1.54, 1.807) is 24.3 Å². The Hall–Kier alpha value is -3.02. The van der Waals surface area contributed by atoms with Crippen molar-refractivity contribution in [2.24, 2.45) is 0 Å². The van der Waals surface area contributed by atoms with Crippen LogP contribution in [0.25, 0.3) is 0 Å². The summed E-state index contributed by atoms with van der Waals surface area (Å²) >= 11 is 0. The lowest BCUT2D eigenvalue weighted by atomic mass is 10.1. The first kappa shape index (κ1) is 19.3. The lowest BCUT2D eigenvalue weighted by molar-refractivity contribution is 0.142. The molecule has 0 saturated heterocycles. The van der Waals surface area contributed by atoms with Gasteiger partial charge in [-0.05, 0) is 49.6 Å². The Balaban J connectivity index is 1.81. The van der Waals surface area contributed by atoms with Crippen molar-refractivity contribution in [3.05, 3.63) is 59.7 Å². The molecule has 0 heterocycles. The fourth-order valence-corrected chi connectivity index (χ4v) is 2.25. The summed E-state index contributed by atoms with van der Waals surface area (Å²) in [4.78, 5) is 23.9. The fraction of sp³-hybridized carbons (Fsp3) is 0.300. The van der Waals surface area contributed by atoms with E-state index in [-0.39, 0.29) is 12.6 Å². The van der Waals surface area contributed by atoms with Gasteiger partial charge in [-0.15, -0.1) is 0 Å². The van der Waals surface area contributed by atoms with Gasteiger partial charge in [0.05, 0.1) is 6.04 Å². The molecule has 2 amide bonds. The van der Waals surface area contributed by atoms with E-state index >= 15 is 0 Å². The van der Waals surface area contributed by atoms with Crippen LogP contribution in [0, 0.1) is 13.8 Å². The van der Waals surface area contributed by atoms with Crippen molar-refractivity contribution < 1.29 is 19.1 Å². The van der Waals surface area contributed by atoms with E-state index in [4.69, 9.17) is 9.47 Å². The van der Waals surface area contributed by atoms with Gasteiger partial charge in [-0.1, -0.05) is 37.3 Å². The third-order valence-electron chi connectivity index (χ3n) is 3.81. The molecule has 26 heavy (non-hydrogen) atoms. The van der Waals surface area contributed by atoms with Crippen molar-refractivity contribution in [2.45, 2.75) is 33.2 Å². The molecule has 0 bridgehead atoms. The Morgan fingerprint density at radius 2 is 1.77 bits per heavy atom. The van der Waals surface area contributed by atoms with Gasteiger partial charge in [-0.3, -0.25) is 5.32 Å². The molecule has 1 atom stereocenters. The Morgan fingerprint density at radius 1 is 1.04 bits per heavy atom. The van der Waals surface area contributed by atoms with Crippen LogP contribution >= 0.6 is 0 Å². The molecular weight excluding hydrogens is 332 g/mol. The SMILES string of the molecule is CCC(COC(=O)Nc1cc(C)ccc1C)NC(=O)Oc1ccccc1. The van der Waals surface area contributed by atoms with Gasteiger partial charge in [-0.25, -0.2) is 9.59 Å². The van der Waals surface area contributed by atoms with E-state index in [0.29, 0.717) is 17.9 Å². The van der Waals surface area contributed by atoms with Crippen molar-refractivity contribution in [1.29, 1.82) is 0 Å². The average Bonchev–Trinajstić information content (AvgIpc) is 2.62. The molecule has 0 spiro atoms. The molecular formula is C20H24N2O4. The number of hydrogen-bond donors (Lipinski definition) is 2. The minimum absolute atomic E-state index is 0.0527. The van der Waals surface area contributed by atoms with Gasteiger partial charge in [0.2, 0.25) is 0 Å². The van der Waals surface area contributed by atoms with Crippen LogP contribution in [-0.2, 0) is 4.74 Å². The normalized spacial score (nSPS) is 11.3. The molecule has 2 N–H and O–H groups in total. The van der Waals surface area contributed by atoms with Crippen LogP contribution in [0.2, 0.25) is 0 Å². The second-order valence-corrected chi connectivity index (χ2v) is 5.99. The van der Waals surface area contributed by atoms with Gasteiger partial charge in [0.1, 0.15) is 12.4 Å². The molecule has 0 fully saturated rings. The van der Waals surface area contributed by atoms with Crippen molar-refractivity contribution in [3.8, 4) is 5.75 Å². The van der Waals surface area contributed by atoms with Crippen LogP contribution in [0.15, 0.2) is 48.5 Å². The third-order valence-corrected chi connectivity index (χ3v) is 3.81. The Bertz CT molecular complexity index is 747. The van der Waals surface area contributed by atoms with Crippen LogP contribution < -0.4 is 15.4 Å². The van der Waals surface area contributed by atoms with E-state index in [1.807, 2.05) is 45.0 Å². The molecule has 0 aromatic heterocycles. The average molecular weight is 356 g/mol. The topological polar surface area (TPSA) is 76.7 Å². The molecule has 2 aromatic carbocycles. The summed E-state index contributed by atoms with van der Waals surface area (Å²) in [5.74, 6) is 0.452. The summed E-state index contributed by atoms with van der Waals surface area (Å²) in [6.45, 7) is 5.80. The number of para-hydroxylation sites is 1. The quantitative estimate of drug-likeness (QED) is 0.803. The van der Waals surface area contributed by atoms with Gasteiger partial charge in [0.15, 0.2) is 0 Å². The van der Waals surface area contributed by atoms with Crippen LogP contribution in [0.5, 0.6) is 5.75 Å². The minimum Gasteiger partial charge on any atom is -0.447 e. The minimum atomic E-state index is -0.582. The first-order valence-electron chi connectivity index (χ1n) is 8.52. The lowest BCUT2D eigenvalue weighted by Crippen LogP contribution is -2.40. The molecule has 0 aliphatic rings. The van der Waals surface area contributed by atoms with Crippen molar-refractivity contribution in [1.82, 2.24) is 5.32 Å². The summed E-state index contributed by atoms with van der Waals surface area (Å²) in [7, 11) is 0. The van der Waals surface area contributed by atoms with Crippen LogP contribution in [0.3, 0.4) is 0 Å². The highest BCUT2D eigenvalue weighted by atomic mass is 16.6. The van der Waals surface area contributed by atoms with Gasteiger partial charge in [0, 0.05) is 5.69 Å².